The van der Waals surface area contributed by atoms with E-state index in [-0.39, 0.29) is 12.8 Å². The zero-order valence-electron chi connectivity index (χ0n) is 9.73. The number of carboxylic acids is 2. The molecule has 0 aliphatic rings. The van der Waals surface area contributed by atoms with Gasteiger partial charge in [0, 0.05) is 6.42 Å². The molecule has 1 atom stereocenters. The molecular formula is C9H21N2O4+. The fourth-order valence-electron chi connectivity index (χ4n) is 0.402. The number of aliphatic carboxylic acids is 2. The second kappa shape index (κ2) is 7.19. The first-order valence-electron chi connectivity index (χ1n) is 4.53. The van der Waals surface area contributed by atoms with Crippen LogP contribution in [0, 0.1) is 0 Å². The molecule has 6 heteroatoms. The topological polar surface area (TPSA) is 101 Å². The third-order valence-corrected chi connectivity index (χ3v) is 0.986. The quantitative estimate of drug-likeness (QED) is 0.560. The maximum absolute atomic E-state index is 9.99. The molecule has 0 fully saturated rings. The Morgan fingerprint density at radius 2 is 1.53 bits per heavy atom. The van der Waals surface area contributed by atoms with E-state index in [1.165, 1.54) is 0 Å². The van der Waals surface area contributed by atoms with Gasteiger partial charge in [-0.3, -0.25) is 9.59 Å². The lowest BCUT2D eigenvalue weighted by molar-refractivity contribution is -0.849. The summed E-state index contributed by atoms with van der Waals surface area (Å²) in [4.78, 5) is 19.9. The second-order valence-electron chi connectivity index (χ2n) is 4.56. The third kappa shape index (κ3) is 24.6. The first-order chi connectivity index (χ1) is 6.54. The number of rotatable bonds is 4. The molecule has 4 N–H and O–H groups in total. The lowest BCUT2D eigenvalue weighted by Crippen LogP contribution is -2.30. The largest absolute Gasteiger partial charge is 0.481 e. The number of carboxylic acid groups (broad SMARTS) is 2. The molecule has 15 heavy (non-hydrogen) atoms. The highest BCUT2D eigenvalue weighted by atomic mass is 16.4. The van der Waals surface area contributed by atoms with Gasteiger partial charge in [0.2, 0.25) is 0 Å². The van der Waals surface area contributed by atoms with Crippen LogP contribution in [0.5, 0.6) is 0 Å². The van der Waals surface area contributed by atoms with Crippen LogP contribution in [0.25, 0.3) is 0 Å². The molecule has 1 unspecified atom stereocenters. The summed E-state index contributed by atoms with van der Waals surface area (Å²) in [5.41, 5.74) is 5.00. The van der Waals surface area contributed by atoms with Gasteiger partial charge < -0.3 is 20.4 Å². The zero-order valence-corrected chi connectivity index (χ0v) is 9.73. The van der Waals surface area contributed by atoms with E-state index in [2.05, 4.69) is 28.2 Å². The van der Waals surface area contributed by atoms with Gasteiger partial charge in [-0.2, -0.15) is 0 Å². The van der Waals surface area contributed by atoms with Crippen LogP contribution in [-0.4, -0.2) is 60.9 Å². The number of nitrogens with two attached hydrogens (primary N) is 1. The SMILES string of the molecule is C[N+](C)(C)C.NC(CCC(=O)O)C(=O)O. The van der Waals surface area contributed by atoms with Crippen molar-refractivity contribution in [3.05, 3.63) is 0 Å². The Morgan fingerprint density at radius 3 is 1.73 bits per heavy atom. The monoisotopic (exact) mass is 221 g/mol. The molecule has 0 aromatic rings. The fourth-order valence-corrected chi connectivity index (χ4v) is 0.402. The van der Waals surface area contributed by atoms with E-state index in [1.807, 2.05) is 0 Å². The Hall–Kier alpha value is -1.14. The minimum absolute atomic E-state index is 0.0231. The molecule has 0 rings (SSSR count). The van der Waals surface area contributed by atoms with Crippen molar-refractivity contribution >= 4 is 11.9 Å². The predicted molar refractivity (Wildman–Crippen MR) is 56.4 cm³/mol. The standard InChI is InChI=1S/C5H9NO4.C4H12N/c6-3(5(9)10)1-2-4(7)8;1-5(2,3)4/h3H,1-2,6H2,(H,7,8)(H,9,10);1-4H3/q;+1. The number of nitrogens with zero attached hydrogens (tertiary/aromatic N) is 1. The number of hydrogen-bond donors (Lipinski definition) is 3. The Balaban J connectivity index is 0. The Kier molecular flexibility index (Phi) is 7.81. The molecule has 0 bridgehead atoms. The van der Waals surface area contributed by atoms with Gasteiger partial charge in [0.05, 0.1) is 28.2 Å². The van der Waals surface area contributed by atoms with E-state index >= 15 is 0 Å². The molecule has 0 saturated carbocycles. The van der Waals surface area contributed by atoms with E-state index in [9.17, 15) is 9.59 Å². The lowest BCUT2D eigenvalue weighted by atomic mass is 10.2. The van der Waals surface area contributed by atoms with E-state index in [0.29, 0.717) is 0 Å². The van der Waals surface area contributed by atoms with Gasteiger partial charge in [-0.15, -0.1) is 0 Å². The van der Waals surface area contributed by atoms with Crippen molar-refractivity contribution in [2.75, 3.05) is 28.2 Å². The van der Waals surface area contributed by atoms with Gasteiger partial charge in [0.1, 0.15) is 6.04 Å². The highest BCUT2D eigenvalue weighted by Gasteiger charge is 2.12. The van der Waals surface area contributed by atoms with Crippen LogP contribution < -0.4 is 5.73 Å². The Bertz CT molecular complexity index is 205. The van der Waals surface area contributed by atoms with Crippen LogP contribution in [0.1, 0.15) is 12.8 Å². The molecule has 0 heterocycles. The lowest BCUT2D eigenvalue weighted by Gasteiger charge is -2.14. The van der Waals surface area contributed by atoms with Crippen molar-refractivity contribution in [2.45, 2.75) is 18.9 Å². The summed E-state index contributed by atoms with van der Waals surface area (Å²) in [6.45, 7) is 0. The van der Waals surface area contributed by atoms with Gasteiger partial charge in [-0.25, -0.2) is 0 Å². The highest BCUT2D eigenvalue weighted by Crippen LogP contribution is 1.93. The fraction of sp³-hybridized carbons (Fsp3) is 0.778. The van der Waals surface area contributed by atoms with Gasteiger partial charge in [-0.1, -0.05) is 0 Å². The molecule has 0 radical (unpaired) electrons. The molecule has 6 nitrogen and oxygen atoms in total. The Morgan fingerprint density at radius 1 is 1.20 bits per heavy atom. The minimum Gasteiger partial charge on any atom is -0.481 e. The van der Waals surface area contributed by atoms with E-state index in [1.54, 1.807) is 0 Å². The predicted octanol–water partition coefficient (Wildman–Crippen LogP) is -0.414. The smallest absolute Gasteiger partial charge is 0.320 e. The number of carbonyl (C=O) groups is 2. The second-order valence-corrected chi connectivity index (χ2v) is 4.56. The van der Waals surface area contributed by atoms with Crippen molar-refractivity contribution in [2.24, 2.45) is 5.73 Å². The maximum atomic E-state index is 9.99. The van der Waals surface area contributed by atoms with Gasteiger partial charge in [0.15, 0.2) is 0 Å². The molecular weight excluding hydrogens is 200 g/mol. The van der Waals surface area contributed by atoms with Gasteiger partial charge in [0.25, 0.3) is 0 Å². The normalized spacial score (nSPS) is 12.3. The molecule has 0 spiro atoms. The summed E-state index contributed by atoms with van der Waals surface area (Å²) >= 11 is 0. The van der Waals surface area contributed by atoms with Gasteiger partial charge in [-0.05, 0) is 6.42 Å². The van der Waals surface area contributed by atoms with Crippen molar-refractivity contribution in [3.8, 4) is 0 Å². The molecule has 0 aliphatic carbocycles. The number of quaternary nitrogens is 1. The molecule has 90 valence electrons. The minimum atomic E-state index is -1.17. The average molecular weight is 221 g/mol. The molecule has 0 aromatic carbocycles. The van der Waals surface area contributed by atoms with E-state index < -0.39 is 18.0 Å². The molecule has 0 aliphatic heterocycles. The highest BCUT2D eigenvalue weighted by molar-refractivity contribution is 5.74. The zero-order chi connectivity index (χ0) is 12.6. The number of hydrogen-bond acceptors (Lipinski definition) is 3. The van der Waals surface area contributed by atoms with E-state index in [0.717, 1.165) is 4.48 Å². The first kappa shape index (κ1) is 16.3. The summed E-state index contributed by atoms with van der Waals surface area (Å²) in [6, 6.07) is -1.06. The van der Waals surface area contributed by atoms with Crippen molar-refractivity contribution in [1.82, 2.24) is 0 Å². The Labute approximate surface area is 89.9 Å². The first-order valence-corrected chi connectivity index (χ1v) is 4.53. The van der Waals surface area contributed by atoms with Crippen LogP contribution in [0.4, 0.5) is 0 Å². The van der Waals surface area contributed by atoms with Crippen molar-refractivity contribution < 1.29 is 24.3 Å². The van der Waals surface area contributed by atoms with E-state index in [4.69, 9.17) is 15.9 Å². The van der Waals surface area contributed by atoms with Crippen LogP contribution in [0.2, 0.25) is 0 Å². The molecule has 0 saturated heterocycles. The van der Waals surface area contributed by atoms with Gasteiger partial charge >= 0.3 is 11.9 Å². The summed E-state index contributed by atoms with van der Waals surface area (Å²) in [7, 11) is 8.50. The maximum Gasteiger partial charge on any atom is 0.320 e. The molecule has 0 aromatic heterocycles. The molecule has 0 amide bonds. The van der Waals surface area contributed by atoms with Crippen LogP contribution >= 0.6 is 0 Å². The average Bonchev–Trinajstić information content (AvgIpc) is 1.96. The summed E-state index contributed by atoms with van der Waals surface area (Å²) in [5.74, 6) is -2.20. The summed E-state index contributed by atoms with van der Waals surface area (Å²) < 4.78 is 1.00. The van der Waals surface area contributed by atoms with Crippen molar-refractivity contribution in [3.63, 3.8) is 0 Å². The third-order valence-electron chi connectivity index (χ3n) is 0.986. The van der Waals surface area contributed by atoms with Crippen LogP contribution in [0.15, 0.2) is 0 Å². The van der Waals surface area contributed by atoms with Crippen molar-refractivity contribution in [1.29, 1.82) is 0 Å². The summed E-state index contributed by atoms with van der Waals surface area (Å²) in [6.07, 6.45) is -0.224. The van der Waals surface area contributed by atoms with Crippen LogP contribution in [-0.2, 0) is 9.59 Å². The summed E-state index contributed by atoms with van der Waals surface area (Å²) in [5, 5.41) is 16.3. The van der Waals surface area contributed by atoms with Crippen LogP contribution in [0.3, 0.4) is 0 Å².